The second-order valence-electron chi connectivity index (χ2n) is 8.65. The molecular formula is C24H30N4O3. The fourth-order valence-electron chi connectivity index (χ4n) is 4.49. The highest BCUT2D eigenvalue weighted by Gasteiger charge is 2.25. The van der Waals surface area contributed by atoms with Crippen molar-refractivity contribution in [1.29, 1.82) is 0 Å². The molecule has 3 aromatic rings. The molecule has 0 bridgehead atoms. The molecule has 31 heavy (non-hydrogen) atoms. The van der Waals surface area contributed by atoms with Crippen LogP contribution in [0.25, 0.3) is 11.1 Å². The Kier molecular flexibility index (Phi) is 6.23. The molecule has 1 unspecified atom stereocenters. The smallest absolute Gasteiger partial charge is 0.341 e. The number of nitrogens with one attached hydrogen (secondary N) is 2. The number of aromatic amines is 1. The van der Waals surface area contributed by atoms with Gasteiger partial charge in [0, 0.05) is 12.2 Å². The van der Waals surface area contributed by atoms with Gasteiger partial charge in [0.05, 0.1) is 23.4 Å². The summed E-state index contributed by atoms with van der Waals surface area (Å²) in [7, 11) is 0. The van der Waals surface area contributed by atoms with Crippen molar-refractivity contribution in [2.75, 3.05) is 19.6 Å². The van der Waals surface area contributed by atoms with Crippen LogP contribution in [0.2, 0.25) is 0 Å². The summed E-state index contributed by atoms with van der Waals surface area (Å²) in [5.41, 5.74) is 2.93. The van der Waals surface area contributed by atoms with Crippen LogP contribution in [0.15, 0.2) is 39.5 Å². The average Bonchev–Trinajstić information content (AvgIpc) is 3.13. The normalized spacial score (nSPS) is 16.5. The van der Waals surface area contributed by atoms with E-state index in [0.29, 0.717) is 12.1 Å². The van der Waals surface area contributed by atoms with Crippen LogP contribution in [0.4, 0.5) is 0 Å². The quantitative estimate of drug-likeness (QED) is 0.636. The summed E-state index contributed by atoms with van der Waals surface area (Å²) in [6, 6.07) is 10.4. The zero-order chi connectivity index (χ0) is 22.0. The van der Waals surface area contributed by atoms with Crippen molar-refractivity contribution >= 4 is 17.0 Å². The lowest BCUT2D eigenvalue weighted by atomic mass is 9.95. The number of likely N-dealkylation sites (tertiary alicyclic amines) is 1. The molecule has 1 amide bonds. The molecule has 1 fully saturated rings. The summed E-state index contributed by atoms with van der Waals surface area (Å²) in [4.78, 5) is 27.7. The molecule has 1 aliphatic heterocycles. The van der Waals surface area contributed by atoms with Crippen LogP contribution in [-0.4, -0.2) is 40.6 Å². The van der Waals surface area contributed by atoms with E-state index in [2.05, 4.69) is 39.5 Å². The second kappa shape index (κ2) is 9.06. The lowest BCUT2D eigenvalue weighted by molar-refractivity contribution is -0.120. The number of carbonyl (C=O) groups is 1. The molecule has 4 rings (SSSR count). The lowest BCUT2D eigenvalue weighted by Crippen LogP contribution is -2.42. The first-order valence-electron chi connectivity index (χ1n) is 11.0. The predicted octanol–water partition coefficient (Wildman–Crippen LogP) is 3.26. The number of H-pyrrole nitrogens is 1. The van der Waals surface area contributed by atoms with Gasteiger partial charge in [0.25, 0.3) is 0 Å². The summed E-state index contributed by atoms with van der Waals surface area (Å²) >= 11 is 0. The van der Waals surface area contributed by atoms with E-state index in [1.165, 1.54) is 18.4 Å². The van der Waals surface area contributed by atoms with Crippen molar-refractivity contribution in [3.05, 3.63) is 63.1 Å². The van der Waals surface area contributed by atoms with Gasteiger partial charge in [-0.25, -0.2) is 4.79 Å². The monoisotopic (exact) mass is 422 g/mol. The first-order valence-corrected chi connectivity index (χ1v) is 11.0. The van der Waals surface area contributed by atoms with Crippen molar-refractivity contribution in [1.82, 2.24) is 20.4 Å². The molecule has 3 heterocycles. The Morgan fingerprint density at radius 3 is 2.68 bits per heavy atom. The number of benzene rings is 1. The number of hydrogen-bond acceptors (Lipinski definition) is 5. The fraction of sp³-hybridized carbons (Fsp3) is 0.458. The minimum absolute atomic E-state index is 0.00668. The Bertz CT molecular complexity index is 1110. The molecule has 1 atom stereocenters. The number of piperidine rings is 1. The summed E-state index contributed by atoms with van der Waals surface area (Å²) < 4.78 is 5.31. The number of fused-ring (bicyclic) bond motifs is 1. The molecule has 7 heteroatoms. The van der Waals surface area contributed by atoms with Crippen LogP contribution in [0, 0.1) is 19.8 Å². The van der Waals surface area contributed by atoms with E-state index in [-0.39, 0.29) is 24.1 Å². The van der Waals surface area contributed by atoms with Crippen LogP contribution in [0.5, 0.6) is 0 Å². The maximum atomic E-state index is 12.8. The Labute approximate surface area is 181 Å². The Hall–Kier alpha value is -2.93. The van der Waals surface area contributed by atoms with Crippen molar-refractivity contribution in [3.63, 3.8) is 0 Å². The van der Waals surface area contributed by atoms with Gasteiger partial charge in [-0.05, 0) is 56.8 Å². The maximum Gasteiger partial charge on any atom is 0.341 e. The first-order chi connectivity index (χ1) is 14.9. The van der Waals surface area contributed by atoms with E-state index in [1.54, 1.807) is 0 Å². The van der Waals surface area contributed by atoms with Gasteiger partial charge < -0.3 is 9.73 Å². The number of aromatic nitrogens is 2. The molecule has 164 valence electrons. The molecule has 0 radical (unpaired) electrons. The molecule has 0 spiro atoms. The van der Waals surface area contributed by atoms with E-state index >= 15 is 0 Å². The highest BCUT2D eigenvalue weighted by Crippen LogP contribution is 2.26. The van der Waals surface area contributed by atoms with Gasteiger partial charge in [-0.15, -0.1) is 5.10 Å². The fourth-order valence-corrected chi connectivity index (χ4v) is 4.49. The molecule has 1 aliphatic rings. The molecule has 2 aromatic heterocycles. The van der Waals surface area contributed by atoms with Crippen LogP contribution >= 0.6 is 0 Å². The van der Waals surface area contributed by atoms with Crippen LogP contribution in [0.1, 0.15) is 48.2 Å². The number of aryl methyl sites for hydroxylation is 2. The minimum atomic E-state index is -0.503. The van der Waals surface area contributed by atoms with Crippen molar-refractivity contribution in [2.24, 2.45) is 5.92 Å². The van der Waals surface area contributed by atoms with Gasteiger partial charge in [-0.2, -0.15) is 0 Å². The van der Waals surface area contributed by atoms with E-state index in [4.69, 9.17) is 4.42 Å². The predicted molar refractivity (Wildman–Crippen MR) is 120 cm³/mol. The SMILES string of the molecule is Cc1[nH]nc2oc(=O)c(CC(=O)NCC(c3ccccc3)N3CCC(C)CC3)c(C)c12. The number of rotatable bonds is 6. The number of carbonyl (C=O) groups excluding carboxylic acids is 1. The molecule has 2 N–H and O–H groups in total. The number of nitrogens with zero attached hydrogens (tertiary/aromatic N) is 2. The molecule has 1 saturated heterocycles. The molecular weight excluding hydrogens is 392 g/mol. The lowest BCUT2D eigenvalue weighted by Gasteiger charge is -2.37. The largest absolute Gasteiger partial charge is 0.402 e. The van der Waals surface area contributed by atoms with E-state index in [1.807, 2.05) is 32.0 Å². The molecule has 0 saturated carbocycles. The molecule has 0 aliphatic carbocycles. The summed E-state index contributed by atoms with van der Waals surface area (Å²) in [5, 5.41) is 10.7. The Balaban J connectivity index is 1.49. The topological polar surface area (TPSA) is 91.2 Å². The molecule has 1 aromatic carbocycles. The van der Waals surface area contributed by atoms with Crippen molar-refractivity contribution in [2.45, 2.75) is 46.1 Å². The Morgan fingerprint density at radius 2 is 1.97 bits per heavy atom. The first kappa shape index (κ1) is 21.3. The number of hydrogen-bond donors (Lipinski definition) is 2. The van der Waals surface area contributed by atoms with Gasteiger partial charge in [0.1, 0.15) is 0 Å². The zero-order valence-electron chi connectivity index (χ0n) is 18.4. The Morgan fingerprint density at radius 1 is 1.26 bits per heavy atom. The van der Waals surface area contributed by atoms with Gasteiger partial charge >= 0.3 is 5.63 Å². The zero-order valence-corrected chi connectivity index (χ0v) is 18.4. The molecule has 7 nitrogen and oxygen atoms in total. The van der Waals surface area contributed by atoms with E-state index < -0.39 is 5.63 Å². The van der Waals surface area contributed by atoms with Gasteiger partial charge in [-0.1, -0.05) is 37.3 Å². The summed E-state index contributed by atoms with van der Waals surface area (Å²) in [6.45, 7) is 8.56. The van der Waals surface area contributed by atoms with Gasteiger partial charge in [0.15, 0.2) is 0 Å². The third kappa shape index (κ3) is 4.56. The average molecular weight is 423 g/mol. The highest BCUT2D eigenvalue weighted by atomic mass is 16.4. The van der Waals surface area contributed by atoms with E-state index in [0.717, 1.165) is 35.7 Å². The van der Waals surface area contributed by atoms with Crippen LogP contribution in [0.3, 0.4) is 0 Å². The second-order valence-corrected chi connectivity index (χ2v) is 8.65. The highest BCUT2D eigenvalue weighted by molar-refractivity contribution is 5.84. The van der Waals surface area contributed by atoms with Crippen LogP contribution in [-0.2, 0) is 11.2 Å². The third-order valence-corrected chi connectivity index (χ3v) is 6.45. The summed E-state index contributed by atoms with van der Waals surface area (Å²) in [5.74, 6) is 0.563. The maximum absolute atomic E-state index is 12.8. The van der Waals surface area contributed by atoms with Gasteiger partial charge in [-0.3, -0.25) is 14.8 Å². The van der Waals surface area contributed by atoms with Crippen LogP contribution < -0.4 is 10.9 Å². The standard InChI is InChI=1S/C24H30N4O3/c1-15-9-11-28(12-10-15)20(18-7-5-4-6-8-18)14-25-21(29)13-19-16(2)22-17(3)26-27-23(22)31-24(19)30/h4-8,15,20H,9-14H2,1-3H3,(H,25,29)(H,26,27). The third-order valence-electron chi connectivity index (χ3n) is 6.45. The van der Waals surface area contributed by atoms with Crippen molar-refractivity contribution in [3.8, 4) is 0 Å². The minimum Gasteiger partial charge on any atom is -0.402 e. The summed E-state index contributed by atoms with van der Waals surface area (Å²) in [6.07, 6.45) is 2.33. The van der Waals surface area contributed by atoms with E-state index in [9.17, 15) is 9.59 Å². The van der Waals surface area contributed by atoms with Crippen molar-refractivity contribution < 1.29 is 9.21 Å². The number of amides is 1. The van der Waals surface area contributed by atoms with Gasteiger partial charge in [0.2, 0.25) is 11.6 Å².